The number of fused-ring (bicyclic) bond motifs is 7. The van der Waals surface area contributed by atoms with Gasteiger partial charge in [-0.15, -0.1) is 11.3 Å². The van der Waals surface area contributed by atoms with Crippen molar-refractivity contribution < 1.29 is 0 Å². The lowest BCUT2D eigenvalue weighted by Gasteiger charge is -2.14. The maximum absolute atomic E-state index is 5.34. The Kier molecular flexibility index (Phi) is 5.04. The highest BCUT2D eigenvalue weighted by Crippen LogP contribution is 2.44. The molecule has 0 aliphatic carbocycles. The molecule has 3 heterocycles. The van der Waals surface area contributed by atoms with Crippen molar-refractivity contribution in [1.82, 2.24) is 9.97 Å². The predicted molar refractivity (Wildman–Crippen MR) is 166 cm³/mol. The van der Waals surface area contributed by atoms with Gasteiger partial charge in [0.15, 0.2) is 0 Å². The minimum absolute atomic E-state index is 0.943. The molecule has 0 fully saturated rings. The molecule has 8 rings (SSSR count). The smallest absolute Gasteiger partial charge is 0.0804 e. The molecule has 0 spiro atoms. The second-order valence-corrected chi connectivity index (χ2v) is 10.9. The van der Waals surface area contributed by atoms with Gasteiger partial charge in [-0.2, -0.15) is 0 Å². The van der Waals surface area contributed by atoms with Crippen LogP contribution in [0.4, 0.5) is 0 Å². The predicted octanol–water partition coefficient (Wildman–Crippen LogP) is 10.2. The summed E-state index contributed by atoms with van der Waals surface area (Å²) >= 11 is 1.85. The van der Waals surface area contributed by atoms with Crippen molar-refractivity contribution in [2.75, 3.05) is 0 Å². The van der Waals surface area contributed by atoms with Gasteiger partial charge in [0, 0.05) is 47.6 Å². The Balaban J connectivity index is 1.52. The SMILES string of the molecule is c1ccc(-c2cc(-c3nc4ccccc4c4ccc5c6ccccc6sc5c34)cc(-c3ccccc3)n2)cc1. The molecule has 0 bridgehead atoms. The zero-order valence-corrected chi connectivity index (χ0v) is 21.8. The van der Waals surface area contributed by atoms with Gasteiger partial charge in [-0.1, -0.05) is 109 Å². The van der Waals surface area contributed by atoms with Crippen LogP contribution >= 0.6 is 11.3 Å². The Hall–Kier alpha value is -4.86. The van der Waals surface area contributed by atoms with Crippen LogP contribution in [0.1, 0.15) is 0 Å². The van der Waals surface area contributed by atoms with E-state index in [-0.39, 0.29) is 0 Å². The fraction of sp³-hybridized carbons (Fsp3) is 0. The number of aromatic nitrogens is 2. The molecule has 0 radical (unpaired) electrons. The van der Waals surface area contributed by atoms with Gasteiger partial charge in [-0.3, -0.25) is 0 Å². The number of para-hydroxylation sites is 1. The van der Waals surface area contributed by atoms with Gasteiger partial charge in [0.05, 0.1) is 22.6 Å². The summed E-state index contributed by atoms with van der Waals surface area (Å²) in [4.78, 5) is 10.5. The van der Waals surface area contributed by atoms with Crippen LogP contribution in [-0.2, 0) is 0 Å². The van der Waals surface area contributed by atoms with Gasteiger partial charge >= 0.3 is 0 Å². The first kappa shape index (κ1) is 22.2. The summed E-state index contributed by atoms with van der Waals surface area (Å²) in [5.41, 5.74) is 7.14. The lowest BCUT2D eigenvalue weighted by molar-refractivity contribution is 1.31. The van der Waals surface area contributed by atoms with E-state index in [2.05, 4.69) is 121 Å². The zero-order valence-electron chi connectivity index (χ0n) is 21.0. The molecule has 0 saturated heterocycles. The Morgan fingerprint density at radius 1 is 0.436 bits per heavy atom. The van der Waals surface area contributed by atoms with Crippen LogP contribution in [-0.4, -0.2) is 9.97 Å². The largest absolute Gasteiger partial charge is 0.248 e. The Morgan fingerprint density at radius 3 is 1.74 bits per heavy atom. The minimum atomic E-state index is 0.943. The second-order valence-electron chi connectivity index (χ2n) is 9.80. The van der Waals surface area contributed by atoms with Gasteiger partial charge in [0.1, 0.15) is 0 Å². The van der Waals surface area contributed by atoms with E-state index in [1.54, 1.807) is 0 Å². The van der Waals surface area contributed by atoms with Crippen molar-refractivity contribution >= 4 is 53.2 Å². The van der Waals surface area contributed by atoms with Gasteiger partial charge in [0.25, 0.3) is 0 Å². The zero-order chi connectivity index (χ0) is 25.8. The number of hydrogen-bond acceptors (Lipinski definition) is 3. The molecule has 5 aromatic carbocycles. The van der Waals surface area contributed by atoms with Crippen molar-refractivity contribution in [3.63, 3.8) is 0 Å². The van der Waals surface area contributed by atoms with Crippen LogP contribution in [0.25, 0.3) is 75.6 Å². The first-order valence-electron chi connectivity index (χ1n) is 13.1. The number of nitrogens with zero attached hydrogens (tertiary/aromatic N) is 2. The summed E-state index contributed by atoms with van der Waals surface area (Å²) in [5, 5.41) is 6.19. The topological polar surface area (TPSA) is 25.8 Å². The van der Waals surface area contributed by atoms with Crippen molar-refractivity contribution in [3.8, 4) is 33.8 Å². The van der Waals surface area contributed by atoms with Crippen LogP contribution in [0.15, 0.2) is 133 Å². The summed E-state index contributed by atoms with van der Waals surface area (Å²) in [5.74, 6) is 0. The van der Waals surface area contributed by atoms with E-state index >= 15 is 0 Å². The molecule has 39 heavy (non-hydrogen) atoms. The van der Waals surface area contributed by atoms with Crippen molar-refractivity contribution in [2.24, 2.45) is 0 Å². The van der Waals surface area contributed by atoms with E-state index in [4.69, 9.17) is 9.97 Å². The number of pyridine rings is 2. The molecule has 3 heteroatoms. The Bertz CT molecular complexity index is 2110. The Labute approximate surface area is 229 Å². The average Bonchev–Trinajstić information content (AvgIpc) is 3.40. The fourth-order valence-corrected chi connectivity index (χ4v) is 6.86. The highest BCUT2D eigenvalue weighted by Gasteiger charge is 2.18. The van der Waals surface area contributed by atoms with Crippen LogP contribution in [0, 0.1) is 0 Å². The van der Waals surface area contributed by atoms with Gasteiger partial charge < -0.3 is 0 Å². The summed E-state index contributed by atoms with van der Waals surface area (Å²) in [6.45, 7) is 0. The number of hydrogen-bond donors (Lipinski definition) is 0. The first-order valence-corrected chi connectivity index (χ1v) is 13.9. The van der Waals surface area contributed by atoms with Crippen molar-refractivity contribution in [3.05, 3.63) is 133 Å². The standard InChI is InChI=1S/C36H22N2S/c1-3-11-23(12-4-1)31-21-25(22-32(37-31)24-13-5-2-6-14-24)35-34-28(26-15-7-9-17-30(26)38-35)19-20-29-27-16-8-10-18-33(27)39-36(29)34/h1-22H. The third-order valence-electron chi connectivity index (χ3n) is 7.45. The van der Waals surface area contributed by atoms with E-state index < -0.39 is 0 Å². The fourth-order valence-electron chi connectivity index (χ4n) is 5.61. The lowest BCUT2D eigenvalue weighted by Crippen LogP contribution is -1.94. The molecule has 0 atom stereocenters. The lowest BCUT2D eigenvalue weighted by atomic mass is 9.96. The molecule has 2 nitrogen and oxygen atoms in total. The summed E-state index contributed by atoms with van der Waals surface area (Å²) in [6.07, 6.45) is 0. The molecule has 0 aliphatic heterocycles. The van der Waals surface area contributed by atoms with E-state index in [0.717, 1.165) is 39.3 Å². The Morgan fingerprint density at radius 2 is 1.03 bits per heavy atom. The highest BCUT2D eigenvalue weighted by molar-refractivity contribution is 7.26. The third kappa shape index (κ3) is 3.63. The first-order chi connectivity index (χ1) is 19.3. The molecule has 0 aliphatic rings. The van der Waals surface area contributed by atoms with Crippen LogP contribution < -0.4 is 0 Å². The number of rotatable bonds is 3. The quantitative estimate of drug-likeness (QED) is 0.219. The third-order valence-corrected chi connectivity index (χ3v) is 8.65. The maximum atomic E-state index is 5.34. The van der Waals surface area contributed by atoms with Gasteiger partial charge in [-0.05, 0) is 29.7 Å². The van der Waals surface area contributed by atoms with E-state index in [1.165, 1.54) is 36.3 Å². The van der Waals surface area contributed by atoms with E-state index in [9.17, 15) is 0 Å². The average molecular weight is 515 g/mol. The maximum Gasteiger partial charge on any atom is 0.0804 e. The molecule has 0 unspecified atom stereocenters. The molecule has 0 amide bonds. The summed E-state index contributed by atoms with van der Waals surface area (Å²) in [7, 11) is 0. The van der Waals surface area contributed by atoms with Crippen LogP contribution in [0.3, 0.4) is 0 Å². The van der Waals surface area contributed by atoms with Crippen molar-refractivity contribution in [1.29, 1.82) is 0 Å². The van der Waals surface area contributed by atoms with Crippen LogP contribution in [0.2, 0.25) is 0 Å². The number of thiophene rings is 1. The van der Waals surface area contributed by atoms with Crippen LogP contribution in [0.5, 0.6) is 0 Å². The summed E-state index contributed by atoms with van der Waals surface area (Å²) < 4.78 is 2.57. The van der Waals surface area contributed by atoms with E-state index in [1.807, 2.05) is 23.5 Å². The highest BCUT2D eigenvalue weighted by atomic mass is 32.1. The number of benzene rings is 5. The van der Waals surface area contributed by atoms with Gasteiger partial charge in [-0.25, -0.2) is 9.97 Å². The van der Waals surface area contributed by atoms with Crippen molar-refractivity contribution in [2.45, 2.75) is 0 Å². The monoisotopic (exact) mass is 514 g/mol. The normalized spacial score (nSPS) is 11.6. The minimum Gasteiger partial charge on any atom is -0.248 e. The van der Waals surface area contributed by atoms with Gasteiger partial charge in [0.2, 0.25) is 0 Å². The second kappa shape index (κ2) is 8.87. The summed E-state index contributed by atoms with van der Waals surface area (Å²) in [6, 6.07) is 47.0. The molecule has 182 valence electrons. The molecular weight excluding hydrogens is 492 g/mol. The molecular formula is C36H22N2S. The molecule has 0 N–H and O–H groups in total. The molecule has 3 aromatic heterocycles. The molecule has 0 saturated carbocycles. The molecule has 8 aromatic rings. The van der Waals surface area contributed by atoms with E-state index in [0.29, 0.717) is 0 Å².